The second-order valence-corrected chi connectivity index (χ2v) is 4.38. The zero-order valence-electron chi connectivity index (χ0n) is 8.04. The van der Waals surface area contributed by atoms with E-state index in [1.165, 1.54) is 10.4 Å². The van der Waals surface area contributed by atoms with Crippen molar-refractivity contribution in [3.05, 3.63) is 21.9 Å². The Labute approximate surface area is 82.9 Å². The van der Waals surface area contributed by atoms with Gasteiger partial charge in [-0.05, 0) is 37.4 Å². The van der Waals surface area contributed by atoms with Crippen molar-refractivity contribution in [2.45, 2.75) is 25.5 Å². The predicted octanol–water partition coefficient (Wildman–Crippen LogP) is 1.97. The first-order valence-electron chi connectivity index (χ1n) is 4.68. The first-order chi connectivity index (χ1) is 6.33. The summed E-state index contributed by atoms with van der Waals surface area (Å²) in [6.45, 7) is 3.03. The normalized spacial score (nSPS) is 24.0. The molecular formula is C10H15NOS. The molecule has 0 radical (unpaired) electrons. The number of rotatable bonds is 2. The summed E-state index contributed by atoms with van der Waals surface area (Å²) in [6, 6.07) is 2.62. The number of thiophene rings is 1. The molecule has 1 aromatic rings. The second kappa shape index (κ2) is 3.78. The van der Waals surface area contributed by atoms with E-state index in [-0.39, 0.29) is 6.10 Å². The van der Waals surface area contributed by atoms with Crippen LogP contribution in [0.2, 0.25) is 0 Å². The highest BCUT2D eigenvalue weighted by Gasteiger charge is 2.26. The molecule has 1 aromatic heterocycles. The molecule has 2 heterocycles. The van der Waals surface area contributed by atoms with Gasteiger partial charge in [-0.15, -0.1) is 11.3 Å². The number of ether oxygens (including phenoxy) is 1. The molecule has 0 unspecified atom stereocenters. The molecule has 0 saturated carbocycles. The molecule has 0 aliphatic carbocycles. The van der Waals surface area contributed by atoms with Crippen molar-refractivity contribution >= 4 is 11.3 Å². The maximum Gasteiger partial charge on any atom is 0.107 e. The Morgan fingerprint density at radius 3 is 3.31 bits per heavy atom. The molecule has 1 aliphatic rings. The van der Waals surface area contributed by atoms with Crippen molar-refractivity contribution in [1.82, 2.24) is 5.32 Å². The molecule has 2 nitrogen and oxygen atoms in total. The van der Waals surface area contributed by atoms with Gasteiger partial charge in [0.1, 0.15) is 6.10 Å². The zero-order valence-corrected chi connectivity index (χ0v) is 8.86. The molecule has 2 rings (SSSR count). The van der Waals surface area contributed by atoms with E-state index in [1.54, 1.807) is 0 Å². The van der Waals surface area contributed by atoms with Crippen molar-refractivity contribution < 1.29 is 4.74 Å². The van der Waals surface area contributed by atoms with Gasteiger partial charge in [0, 0.05) is 10.9 Å². The van der Waals surface area contributed by atoms with Gasteiger partial charge < -0.3 is 10.1 Å². The van der Waals surface area contributed by atoms with E-state index in [0.717, 1.165) is 13.0 Å². The molecule has 72 valence electrons. The summed E-state index contributed by atoms with van der Waals surface area (Å²) >= 11 is 1.81. The Morgan fingerprint density at radius 2 is 2.54 bits per heavy atom. The van der Waals surface area contributed by atoms with Gasteiger partial charge in [-0.1, -0.05) is 0 Å². The summed E-state index contributed by atoms with van der Waals surface area (Å²) in [4.78, 5) is 1.41. The van der Waals surface area contributed by atoms with Crippen molar-refractivity contribution in [3.8, 4) is 0 Å². The molecule has 2 atom stereocenters. The summed E-state index contributed by atoms with van der Waals surface area (Å²) in [6.07, 6.45) is 1.33. The van der Waals surface area contributed by atoms with E-state index >= 15 is 0 Å². The molecule has 1 aliphatic heterocycles. The van der Waals surface area contributed by atoms with Crippen LogP contribution in [0.4, 0.5) is 0 Å². The van der Waals surface area contributed by atoms with Gasteiger partial charge in [-0.3, -0.25) is 0 Å². The standard InChI is InChI=1S/C10H15NOS/c1-7(11-2)9-10-8(3-5-12-9)4-6-13-10/h4,6-7,9,11H,3,5H2,1-2H3/t7-,9-/m0/s1. The van der Waals surface area contributed by atoms with E-state index in [1.807, 2.05) is 18.4 Å². The SMILES string of the molecule is CN[C@@H](C)[C@@H]1OCCc2ccsc21. The summed E-state index contributed by atoms with van der Waals surface area (Å²) in [5.41, 5.74) is 1.48. The average molecular weight is 197 g/mol. The molecule has 3 heteroatoms. The third-order valence-corrected chi connectivity index (χ3v) is 3.64. The van der Waals surface area contributed by atoms with Crippen LogP contribution in [-0.2, 0) is 11.2 Å². The fourth-order valence-corrected chi connectivity index (χ4v) is 2.80. The van der Waals surface area contributed by atoms with E-state index in [4.69, 9.17) is 4.74 Å². The molecule has 13 heavy (non-hydrogen) atoms. The monoisotopic (exact) mass is 197 g/mol. The Bertz CT molecular complexity index is 284. The van der Waals surface area contributed by atoms with Gasteiger partial charge in [-0.2, -0.15) is 0 Å². The van der Waals surface area contributed by atoms with Crippen molar-refractivity contribution in [2.75, 3.05) is 13.7 Å². The van der Waals surface area contributed by atoms with Crippen LogP contribution in [0.1, 0.15) is 23.5 Å². The van der Waals surface area contributed by atoms with Gasteiger partial charge in [0.15, 0.2) is 0 Å². The lowest BCUT2D eigenvalue weighted by Crippen LogP contribution is -2.32. The van der Waals surface area contributed by atoms with Gasteiger partial charge in [-0.25, -0.2) is 0 Å². The number of nitrogens with one attached hydrogen (secondary N) is 1. The fraction of sp³-hybridized carbons (Fsp3) is 0.600. The number of hydrogen-bond acceptors (Lipinski definition) is 3. The molecule has 0 spiro atoms. The molecule has 0 aromatic carbocycles. The predicted molar refractivity (Wildman–Crippen MR) is 55.2 cm³/mol. The Balaban J connectivity index is 2.24. The van der Waals surface area contributed by atoms with Gasteiger partial charge in [0.2, 0.25) is 0 Å². The minimum atomic E-state index is 0.258. The van der Waals surface area contributed by atoms with Crippen LogP contribution in [0.15, 0.2) is 11.4 Å². The first-order valence-corrected chi connectivity index (χ1v) is 5.56. The van der Waals surface area contributed by atoms with E-state index in [0.29, 0.717) is 6.04 Å². The van der Waals surface area contributed by atoms with Crippen LogP contribution in [0.5, 0.6) is 0 Å². The maximum atomic E-state index is 5.76. The van der Waals surface area contributed by atoms with Crippen LogP contribution in [0, 0.1) is 0 Å². The molecule has 0 saturated heterocycles. The van der Waals surface area contributed by atoms with Crippen LogP contribution >= 0.6 is 11.3 Å². The van der Waals surface area contributed by atoms with Crippen LogP contribution in [0.3, 0.4) is 0 Å². The highest BCUT2D eigenvalue weighted by atomic mass is 32.1. The highest BCUT2D eigenvalue weighted by Crippen LogP contribution is 2.33. The second-order valence-electron chi connectivity index (χ2n) is 3.43. The van der Waals surface area contributed by atoms with E-state index < -0.39 is 0 Å². The molecule has 0 amide bonds. The maximum absolute atomic E-state index is 5.76. The summed E-state index contributed by atoms with van der Waals surface area (Å²) < 4.78 is 5.76. The minimum absolute atomic E-state index is 0.258. The van der Waals surface area contributed by atoms with Gasteiger partial charge >= 0.3 is 0 Å². The molecule has 1 N–H and O–H groups in total. The van der Waals surface area contributed by atoms with Crippen LogP contribution < -0.4 is 5.32 Å². The molecule has 0 fully saturated rings. The number of fused-ring (bicyclic) bond motifs is 1. The smallest absolute Gasteiger partial charge is 0.107 e. The summed E-state index contributed by atoms with van der Waals surface area (Å²) in [5, 5.41) is 5.41. The van der Waals surface area contributed by atoms with Crippen LogP contribution in [0.25, 0.3) is 0 Å². The van der Waals surface area contributed by atoms with E-state index in [9.17, 15) is 0 Å². The fourth-order valence-electron chi connectivity index (χ4n) is 1.70. The summed E-state index contributed by atoms with van der Waals surface area (Å²) in [7, 11) is 1.98. The summed E-state index contributed by atoms with van der Waals surface area (Å²) in [5.74, 6) is 0. The number of likely N-dealkylation sites (N-methyl/N-ethyl adjacent to an activating group) is 1. The van der Waals surface area contributed by atoms with Crippen LogP contribution in [-0.4, -0.2) is 19.7 Å². The average Bonchev–Trinajstić information content (AvgIpc) is 2.63. The Morgan fingerprint density at radius 1 is 1.69 bits per heavy atom. The Kier molecular flexibility index (Phi) is 2.67. The Hall–Kier alpha value is -0.380. The highest BCUT2D eigenvalue weighted by molar-refractivity contribution is 7.10. The lowest BCUT2D eigenvalue weighted by atomic mass is 10.0. The quantitative estimate of drug-likeness (QED) is 0.782. The van der Waals surface area contributed by atoms with Crippen molar-refractivity contribution in [1.29, 1.82) is 0 Å². The van der Waals surface area contributed by atoms with Gasteiger partial charge in [0.25, 0.3) is 0 Å². The van der Waals surface area contributed by atoms with E-state index in [2.05, 4.69) is 23.7 Å². The zero-order chi connectivity index (χ0) is 9.26. The first kappa shape index (κ1) is 9.19. The largest absolute Gasteiger partial charge is 0.371 e. The third-order valence-electron chi connectivity index (χ3n) is 2.62. The van der Waals surface area contributed by atoms with Gasteiger partial charge in [0.05, 0.1) is 6.61 Å². The number of hydrogen-bond donors (Lipinski definition) is 1. The minimum Gasteiger partial charge on any atom is -0.371 e. The lowest BCUT2D eigenvalue weighted by molar-refractivity contribution is 0.0245. The topological polar surface area (TPSA) is 21.3 Å². The van der Waals surface area contributed by atoms with Crippen molar-refractivity contribution in [2.24, 2.45) is 0 Å². The lowest BCUT2D eigenvalue weighted by Gasteiger charge is -2.27. The molecule has 0 bridgehead atoms. The molecular weight excluding hydrogens is 182 g/mol. The van der Waals surface area contributed by atoms with Crippen molar-refractivity contribution in [3.63, 3.8) is 0 Å². The third kappa shape index (κ3) is 1.64.